The van der Waals surface area contributed by atoms with E-state index >= 15 is 0 Å². The Balaban J connectivity index is 1.19. The first kappa shape index (κ1) is 28.3. The van der Waals surface area contributed by atoms with E-state index in [2.05, 4.69) is 9.88 Å². The molecule has 0 aliphatic carbocycles. The fourth-order valence-electron chi connectivity index (χ4n) is 5.31. The minimum atomic E-state index is -3.83. The molecule has 1 amide bonds. The van der Waals surface area contributed by atoms with Crippen molar-refractivity contribution in [3.63, 3.8) is 0 Å². The van der Waals surface area contributed by atoms with Crippen LogP contribution in [0.2, 0.25) is 5.02 Å². The van der Waals surface area contributed by atoms with E-state index in [0.29, 0.717) is 11.6 Å². The molecule has 40 heavy (non-hydrogen) atoms. The van der Waals surface area contributed by atoms with Gasteiger partial charge in [-0.1, -0.05) is 23.7 Å². The molecule has 0 unspecified atom stereocenters. The molecule has 1 aromatic heterocycles. The van der Waals surface area contributed by atoms with Crippen LogP contribution < -0.4 is 4.90 Å². The number of pyridine rings is 1. The van der Waals surface area contributed by atoms with Crippen LogP contribution in [0.15, 0.2) is 59.6 Å². The van der Waals surface area contributed by atoms with Gasteiger partial charge in [-0.05, 0) is 66.9 Å². The van der Waals surface area contributed by atoms with Crippen molar-refractivity contribution in [3.05, 3.63) is 65.4 Å². The number of sulfonamides is 1. The molecule has 2 saturated heterocycles. The standard InChI is InChI=1S/C28H32ClN5O5S/c1-3-39-28(36)26-18-24(8-11-30-26)32-12-9-23(10-13-32)31(2)34-15-14-33(19-27(34)35)40(37,38)25-7-5-20-16-22(29)6-4-21(20)17-25/h4-8,11,16-18,23H,3,9-10,12-15,19H2,1-2H3. The van der Waals surface area contributed by atoms with Crippen molar-refractivity contribution in [2.45, 2.75) is 30.7 Å². The molecular weight excluding hydrogens is 554 g/mol. The van der Waals surface area contributed by atoms with E-state index in [-0.39, 0.29) is 42.2 Å². The Bertz CT molecular complexity index is 1530. The van der Waals surface area contributed by atoms with Crippen molar-refractivity contribution in [2.75, 3.05) is 51.3 Å². The average molecular weight is 586 g/mol. The summed E-state index contributed by atoms with van der Waals surface area (Å²) < 4.78 is 33.1. The number of anilines is 1. The number of aromatic nitrogens is 1. The number of hydrogen-bond acceptors (Lipinski definition) is 8. The number of piperidine rings is 1. The summed E-state index contributed by atoms with van der Waals surface area (Å²) in [4.78, 5) is 31.7. The number of piperazine rings is 1. The van der Waals surface area contributed by atoms with Crippen molar-refractivity contribution in [1.29, 1.82) is 0 Å². The highest BCUT2D eigenvalue weighted by Gasteiger charge is 2.36. The van der Waals surface area contributed by atoms with Gasteiger partial charge in [-0.15, -0.1) is 0 Å². The number of nitrogens with zero attached hydrogens (tertiary/aromatic N) is 5. The topological polar surface area (TPSA) is 103 Å². The first-order valence-corrected chi connectivity index (χ1v) is 15.1. The zero-order chi connectivity index (χ0) is 28.4. The van der Waals surface area contributed by atoms with Crippen molar-refractivity contribution in [3.8, 4) is 0 Å². The van der Waals surface area contributed by atoms with E-state index in [4.69, 9.17) is 16.3 Å². The van der Waals surface area contributed by atoms with Crippen molar-refractivity contribution >= 4 is 50.0 Å². The lowest BCUT2D eigenvalue weighted by atomic mass is 10.0. The lowest BCUT2D eigenvalue weighted by molar-refractivity contribution is -0.156. The van der Waals surface area contributed by atoms with Gasteiger partial charge < -0.3 is 9.64 Å². The first-order valence-electron chi connectivity index (χ1n) is 13.3. The Morgan fingerprint density at radius 1 is 1.05 bits per heavy atom. The van der Waals surface area contributed by atoms with Crippen molar-refractivity contribution < 1.29 is 22.7 Å². The molecule has 0 saturated carbocycles. The van der Waals surface area contributed by atoms with Crippen LogP contribution in [-0.4, -0.2) is 92.0 Å². The first-order chi connectivity index (χ1) is 19.2. The predicted octanol–water partition coefficient (Wildman–Crippen LogP) is 3.41. The van der Waals surface area contributed by atoms with Crippen molar-refractivity contribution in [2.24, 2.45) is 0 Å². The zero-order valence-electron chi connectivity index (χ0n) is 22.5. The highest BCUT2D eigenvalue weighted by molar-refractivity contribution is 7.89. The molecule has 2 aromatic carbocycles. The smallest absolute Gasteiger partial charge is 0.356 e. The molecule has 12 heteroatoms. The monoisotopic (exact) mass is 585 g/mol. The van der Waals surface area contributed by atoms with Gasteiger partial charge >= 0.3 is 5.97 Å². The number of benzene rings is 2. The summed E-state index contributed by atoms with van der Waals surface area (Å²) in [6.07, 6.45) is 3.22. The Morgan fingerprint density at radius 3 is 2.50 bits per heavy atom. The highest BCUT2D eigenvalue weighted by Crippen LogP contribution is 2.27. The summed E-state index contributed by atoms with van der Waals surface area (Å²) in [5.74, 6) is -0.690. The lowest BCUT2D eigenvalue weighted by Crippen LogP contribution is -2.60. The third-order valence-corrected chi connectivity index (χ3v) is 9.62. The number of rotatable bonds is 7. The summed E-state index contributed by atoms with van der Waals surface area (Å²) in [7, 11) is -1.94. The SMILES string of the molecule is CCOC(=O)c1cc(N2CCC(N(C)N3CCN(S(=O)(=O)c4ccc5cc(Cl)ccc5c4)CC3=O)CC2)ccn1. The molecule has 2 aliphatic heterocycles. The van der Waals surface area contributed by atoms with Gasteiger partial charge in [-0.25, -0.2) is 23.2 Å². The molecule has 5 rings (SSSR count). The number of esters is 1. The summed E-state index contributed by atoms with van der Waals surface area (Å²) in [5, 5.41) is 5.83. The Kier molecular flexibility index (Phi) is 8.27. The Hall–Kier alpha value is -3.25. The van der Waals surface area contributed by atoms with Crippen LogP contribution in [0.1, 0.15) is 30.3 Å². The molecule has 3 aromatic rings. The number of fused-ring (bicyclic) bond motifs is 1. The maximum atomic E-state index is 13.4. The van der Waals surface area contributed by atoms with Gasteiger partial charge in [-0.2, -0.15) is 4.31 Å². The van der Waals surface area contributed by atoms with Gasteiger partial charge in [0, 0.05) is 49.6 Å². The molecule has 10 nitrogen and oxygen atoms in total. The average Bonchev–Trinajstić information content (AvgIpc) is 2.96. The van der Waals surface area contributed by atoms with E-state index in [9.17, 15) is 18.0 Å². The fourth-order valence-corrected chi connectivity index (χ4v) is 6.91. The predicted molar refractivity (Wildman–Crippen MR) is 153 cm³/mol. The molecule has 0 spiro atoms. The second kappa shape index (κ2) is 11.7. The zero-order valence-corrected chi connectivity index (χ0v) is 24.1. The molecule has 0 bridgehead atoms. The minimum Gasteiger partial charge on any atom is -0.461 e. The number of carbonyl (C=O) groups excluding carboxylic acids is 2. The molecule has 2 aliphatic rings. The van der Waals surface area contributed by atoms with E-state index in [1.165, 1.54) is 4.31 Å². The molecule has 0 atom stereocenters. The molecule has 0 N–H and O–H groups in total. The number of carbonyl (C=O) groups is 2. The van der Waals surface area contributed by atoms with Gasteiger partial charge in [0.1, 0.15) is 5.69 Å². The summed E-state index contributed by atoms with van der Waals surface area (Å²) >= 11 is 6.05. The van der Waals surface area contributed by atoms with Crippen LogP contribution in [0.25, 0.3) is 10.8 Å². The number of halogens is 1. The van der Waals surface area contributed by atoms with Crippen LogP contribution in [-0.2, 0) is 19.6 Å². The second-order valence-corrected chi connectivity index (χ2v) is 12.3. The number of ether oxygens (including phenoxy) is 1. The molecule has 3 heterocycles. The minimum absolute atomic E-state index is 0.127. The summed E-state index contributed by atoms with van der Waals surface area (Å²) in [5.41, 5.74) is 1.19. The maximum Gasteiger partial charge on any atom is 0.356 e. The van der Waals surface area contributed by atoms with Crippen LogP contribution in [0.4, 0.5) is 5.69 Å². The van der Waals surface area contributed by atoms with Crippen LogP contribution >= 0.6 is 11.6 Å². The van der Waals surface area contributed by atoms with Crippen LogP contribution in [0.5, 0.6) is 0 Å². The van der Waals surface area contributed by atoms with Gasteiger partial charge in [0.25, 0.3) is 5.91 Å². The normalized spacial score (nSPS) is 17.6. The van der Waals surface area contributed by atoms with Crippen LogP contribution in [0.3, 0.4) is 0 Å². The molecular formula is C28H32ClN5O5S. The van der Waals surface area contributed by atoms with E-state index in [1.54, 1.807) is 60.6 Å². The summed E-state index contributed by atoms with van der Waals surface area (Å²) in [6, 6.07) is 14.0. The summed E-state index contributed by atoms with van der Waals surface area (Å²) in [6.45, 7) is 3.83. The quantitative estimate of drug-likeness (QED) is 0.389. The van der Waals surface area contributed by atoms with Gasteiger partial charge in [0.2, 0.25) is 10.0 Å². The van der Waals surface area contributed by atoms with Gasteiger partial charge in [-0.3, -0.25) is 9.80 Å². The Labute approximate surface area is 239 Å². The van der Waals surface area contributed by atoms with Gasteiger partial charge in [0.05, 0.1) is 24.6 Å². The number of amides is 1. The third kappa shape index (κ3) is 5.78. The van der Waals surface area contributed by atoms with Gasteiger partial charge in [0.15, 0.2) is 0 Å². The van der Waals surface area contributed by atoms with E-state index in [0.717, 1.165) is 42.4 Å². The lowest BCUT2D eigenvalue weighted by Gasteiger charge is -2.45. The maximum absolute atomic E-state index is 13.4. The number of hydrazine groups is 1. The van der Waals surface area contributed by atoms with Crippen LogP contribution in [0, 0.1) is 0 Å². The van der Waals surface area contributed by atoms with Crippen molar-refractivity contribution in [1.82, 2.24) is 19.3 Å². The number of hydrogen-bond donors (Lipinski definition) is 0. The second-order valence-electron chi connectivity index (χ2n) is 9.92. The fraction of sp³-hybridized carbons (Fsp3) is 0.393. The highest BCUT2D eigenvalue weighted by atomic mass is 35.5. The Morgan fingerprint density at radius 2 is 1.77 bits per heavy atom. The van der Waals surface area contributed by atoms with E-state index in [1.807, 2.05) is 18.1 Å². The van der Waals surface area contributed by atoms with E-state index < -0.39 is 16.0 Å². The molecule has 2 fully saturated rings. The molecule has 0 radical (unpaired) electrons. The third-order valence-electron chi connectivity index (χ3n) is 7.54. The largest absolute Gasteiger partial charge is 0.461 e. The molecule has 212 valence electrons.